The van der Waals surface area contributed by atoms with E-state index in [2.05, 4.69) is 20.7 Å². The number of nitrogens with one attached hydrogen (secondary N) is 4. The van der Waals surface area contributed by atoms with Crippen LogP contribution in [0, 0.1) is 0 Å². The molecule has 6 rings (SSSR count). The summed E-state index contributed by atoms with van der Waals surface area (Å²) in [6.07, 6.45) is 3.96. The Kier molecular flexibility index (Phi) is 15.5. The van der Waals surface area contributed by atoms with E-state index in [0.29, 0.717) is 72.9 Å². The van der Waals surface area contributed by atoms with Crippen LogP contribution in [0.1, 0.15) is 39.0 Å². The number of sulfonamides is 1. The summed E-state index contributed by atoms with van der Waals surface area (Å²) in [6.45, 7) is 4.18. The van der Waals surface area contributed by atoms with E-state index in [1.54, 1.807) is 50.5 Å². The largest absolute Gasteiger partial charge is 0.493 e. The maximum absolute atomic E-state index is 13.9. The molecule has 1 aromatic heterocycles. The highest BCUT2D eigenvalue weighted by Gasteiger charge is 2.42. The number of carbonyl (C=O) groups is 2. The SMILES string of the molecule is CCCOc1cccc(Oc2cc3c(cc2NS(=O)(=O)c2ccc(OC)c(OCCOCCOCCNC(=O)CCCC[C@@H]4SC[C@@H]5NC(=O)N[C@@H]54)c2)n(C)c(=O)n3C)c1. The van der Waals surface area contributed by atoms with Gasteiger partial charge < -0.3 is 44.4 Å². The lowest BCUT2D eigenvalue weighted by Gasteiger charge is -2.16. The maximum Gasteiger partial charge on any atom is 0.328 e. The zero-order valence-electron chi connectivity index (χ0n) is 34.3. The van der Waals surface area contributed by atoms with Gasteiger partial charge in [-0.05, 0) is 49.6 Å². The lowest BCUT2D eigenvalue weighted by molar-refractivity contribution is -0.121. The summed E-state index contributed by atoms with van der Waals surface area (Å²) >= 11 is 1.88. The van der Waals surface area contributed by atoms with Gasteiger partial charge in [0.25, 0.3) is 10.0 Å². The minimum Gasteiger partial charge on any atom is -0.493 e. The number of aryl methyl sites for hydroxylation is 2. The third-order valence-electron chi connectivity index (χ3n) is 10.1. The molecule has 60 heavy (non-hydrogen) atoms. The van der Waals surface area contributed by atoms with Crippen molar-refractivity contribution in [3.05, 3.63) is 65.1 Å². The van der Waals surface area contributed by atoms with E-state index in [4.69, 9.17) is 28.4 Å². The van der Waals surface area contributed by atoms with Gasteiger partial charge in [0.05, 0.1) is 73.8 Å². The molecule has 4 aromatic rings. The van der Waals surface area contributed by atoms with Crippen molar-refractivity contribution in [3.8, 4) is 28.7 Å². The molecule has 3 heterocycles. The van der Waals surface area contributed by atoms with Gasteiger partial charge in [-0.15, -0.1) is 0 Å². The zero-order valence-corrected chi connectivity index (χ0v) is 36.0. The van der Waals surface area contributed by atoms with E-state index >= 15 is 0 Å². The fourth-order valence-corrected chi connectivity index (χ4v) is 9.58. The van der Waals surface area contributed by atoms with Crippen molar-refractivity contribution in [2.75, 3.05) is 63.8 Å². The third-order valence-corrected chi connectivity index (χ3v) is 12.9. The number of benzene rings is 3. The number of amides is 3. The predicted molar refractivity (Wildman–Crippen MR) is 228 cm³/mol. The van der Waals surface area contributed by atoms with Gasteiger partial charge in [0.2, 0.25) is 5.91 Å². The number of aromatic nitrogens is 2. The average molecular weight is 871 g/mol. The highest BCUT2D eigenvalue weighted by Crippen LogP contribution is 2.37. The normalized spacial score (nSPS) is 17.2. The number of hydrogen-bond donors (Lipinski definition) is 4. The minimum absolute atomic E-state index is 0.0152. The van der Waals surface area contributed by atoms with E-state index in [-0.39, 0.29) is 65.0 Å². The molecule has 326 valence electrons. The Hall–Kier alpha value is -5.11. The minimum atomic E-state index is -4.22. The number of methoxy groups -OCH3 is 1. The van der Waals surface area contributed by atoms with Crippen molar-refractivity contribution in [1.82, 2.24) is 25.1 Å². The van der Waals surface area contributed by atoms with Gasteiger partial charge in [-0.25, -0.2) is 18.0 Å². The second kappa shape index (κ2) is 20.9. The molecule has 2 aliphatic heterocycles. The first-order chi connectivity index (χ1) is 29.0. The Morgan fingerprint density at radius 3 is 2.38 bits per heavy atom. The van der Waals surface area contributed by atoms with Crippen LogP contribution in [0.25, 0.3) is 11.0 Å². The fourth-order valence-electron chi connectivity index (χ4n) is 6.96. The van der Waals surface area contributed by atoms with Gasteiger partial charge in [0, 0.05) is 56.3 Å². The standard InChI is InChI=1S/C41H54N6O11S2/c1-5-16-56-27-9-8-10-28(22-27)58-35-25-33-32(46(2)41(50)47(33)3)24-30(35)45-60(51,52)29-13-14-34(53-4)36(23-29)57-21-20-55-19-18-54-17-15-42-38(48)12-7-6-11-37-39-31(26-59-37)43-40(49)44-39/h8-10,13-14,22-25,31,37,39,45H,5-7,11-12,15-21,26H2,1-4H3,(H,42,48)(H2,43,44,49)/t31-,37-,39-/m0/s1. The molecule has 17 nitrogen and oxygen atoms in total. The topological polar surface area (TPSA) is 199 Å². The average Bonchev–Trinajstić information content (AvgIpc) is 3.86. The summed E-state index contributed by atoms with van der Waals surface area (Å²) in [4.78, 5) is 36.5. The molecular formula is C41H54N6O11S2. The Labute approximate surface area is 353 Å². The van der Waals surface area contributed by atoms with Crippen molar-refractivity contribution in [2.24, 2.45) is 14.1 Å². The predicted octanol–water partition coefficient (Wildman–Crippen LogP) is 4.52. The van der Waals surface area contributed by atoms with Crippen molar-refractivity contribution < 1.29 is 46.4 Å². The highest BCUT2D eigenvalue weighted by molar-refractivity contribution is 8.00. The molecule has 19 heteroatoms. The number of imidazole rings is 1. The molecule has 0 radical (unpaired) electrons. The molecule has 3 atom stereocenters. The number of nitrogens with zero attached hydrogens (tertiary/aromatic N) is 2. The van der Waals surface area contributed by atoms with Crippen LogP contribution in [-0.2, 0) is 38.4 Å². The molecule has 0 spiro atoms. The van der Waals surface area contributed by atoms with Crippen LogP contribution in [-0.4, -0.2) is 106 Å². The number of unbranched alkanes of at least 4 members (excludes halogenated alkanes) is 1. The molecule has 4 N–H and O–H groups in total. The lowest BCUT2D eigenvalue weighted by Crippen LogP contribution is -2.36. The first kappa shape index (κ1) is 44.4. The first-order valence-corrected chi connectivity index (χ1v) is 22.5. The number of ether oxygens (including phenoxy) is 6. The Morgan fingerprint density at radius 1 is 0.850 bits per heavy atom. The van der Waals surface area contributed by atoms with Crippen LogP contribution in [0.3, 0.4) is 0 Å². The van der Waals surface area contributed by atoms with Crippen LogP contribution >= 0.6 is 11.8 Å². The molecule has 0 aliphatic carbocycles. The van der Waals surface area contributed by atoms with Gasteiger partial charge in [-0.2, -0.15) is 11.8 Å². The van der Waals surface area contributed by atoms with Crippen LogP contribution in [0.2, 0.25) is 0 Å². The summed E-state index contributed by atoms with van der Waals surface area (Å²) in [6, 6.07) is 14.8. The molecule has 3 amide bonds. The van der Waals surface area contributed by atoms with E-state index in [9.17, 15) is 22.8 Å². The Bertz CT molecular complexity index is 2280. The van der Waals surface area contributed by atoms with E-state index in [1.165, 1.54) is 34.4 Å². The molecule has 2 fully saturated rings. The summed E-state index contributed by atoms with van der Waals surface area (Å²) in [7, 11) is 0.473. The molecule has 0 bridgehead atoms. The van der Waals surface area contributed by atoms with Gasteiger partial charge >= 0.3 is 11.7 Å². The molecular weight excluding hydrogens is 817 g/mol. The molecule has 0 saturated carbocycles. The molecule has 3 aromatic carbocycles. The Balaban J connectivity index is 0.948. The lowest BCUT2D eigenvalue weighted by atomic mass is 10.0. The number of thioether (sulfide) groups is 1. The zero-order chi connectivity index (χ0) is 42.6. The van der Waals surface area contributed by atoms with Gasteiger partial charge in [-0.3, -0.25) is 18.7 Å². The van der Waals surface area contributed by atoms with Gasteiger partial charge in [0.1, 0.15) is 18.1 Å². The van der Waals surface area contributed by atoms with Crippen molar-refractivity contribution in [1.29, 1.82) is 0 Å². The van der Waals surface area contributed by atoms with Crippen molar-refractivity contribution in [3.63, 3.8) is 0 Å². The van der Waals surface area contributed by atoms with E-state index < -0.39 is 10.0 Å². The summed E-state index contributed by atoms with van der Waals surface area (Å²) in [5.41, 5.74) is 0.880. The quantitative estimate of drug-likeness (QED) is 0.0568. The summed E-state index contributed by atoms with van der Waals surface area (Å²) in [5.74, 6) is 2.63. The van der Waals surface area contributed by atoms with Gasteiger partial charge in [-0.1, -0.05) is 19.4 Å². The monoisotopic (exact) mass is 870 g/mol. The second-order valence-corrected chi connectivity index (χ2v) is 17.3. The smallest absolute Gasteiger partial charge is 0.328 e. The van der Waals surface area contributed by atoms with Crippen LogP contribution in [0.15, 0.2) is 64.3 Å². The summed E-state index contributed by atoms with van der Waals surface area (Å²) < 4.78 is 67.8. The number of anilines is 1. The van der Waals surface area contributed by atoms with E-state index in [1.807, 2.05) is 18.7 Å². The molecule has 0 unspecified atom stereocenters. The van der Waals surface area contributed by atoms with Crippen LogP contribution in [0.5, 0.6) is 28.7 Å². The van der Waals surface area contributed by atoms with Crippen LogP contribution in [0.4, 0.5) is 10.5 Å². The molecule has 2 saturated heterocycles. The van der Waals surface area contributed by atoms with Crippen molar-refractivity contribution >= 4 is 50.4 Å². The Morgan fingerprint density at radius 2 is 1.60 bits per heavy atom. The number of urea groups is 1. The number of carbonyl (C=O) groups excluding carboxylic acids is 2. The number of rotatable bonds is 24. The second-order valence-electron chi connectivity index (χ2n) is 14.4. The highest BCUT2D eigenvalue weighted by atomic mass is 32.2. The first-order valence-electron chi connectivity index (χ1n) is 20.0. The maximum atomic E-state index is 13.9. The van der Waals surface area contributed by atoms with Gasteiger partial charge in [0.15, 0.2) is 17.2 Å². The number of fused-ring (bicyclic) bond motifs is 2. The number of hydrogen-bond acceptors (Lipinski definition) is 12. The fraction of sp³-hybridized carbons (Fsp3) is 0.488. The van der Waals surface area contributed by atoms with Crippen LogP contribution < -0.4 is 45.3 Å². The summed E-state index contributed by atoms with van der Waals surface area (Å²) in [5, 5.41) is 9.21. The van der Waals surface area contributed by atoms with Crippen molar-refractivity contribution in [2.45, 2.75) is 61.3 Å². The third kappa shape index (κ3) is 11.4. The molecule has 2 aliphatic rings. The van der Waals surface area contributed by atoms with E-state index in [0.717, 1.165) is 31.4 Å².